The lowest BCUT2D eigenvalue weighted by Crippen LogP contribution is -2.12. The van der Waals surface area contributed by atoms with Crippen LogP contribution in [0.3, 0.4) is 0 Å². The van der Waals surface area contributed by atoms with Gasteiger partial charge in [0.2, 0.25) is 0 Å². The van der Waals surface area contributed by atoms with Crippen molar-refractivity contribution in [3.05, 3.63) is 71.9 Å². The molecule has 0 aliphatic rings. The van der Waals surface area contributed by atoms with Gasteiger partial charge in [0.05, 0.1) is 4.90 Å². The predicted octanol–water partition coefficient (Wildman–Crippen LogP) is 4.48. The van der Waals surface area contributed by atoms with Gasteiger partial charge in [0.1, 0.15) is 17.2 Å². The highest BCUT2D eigenvalue weighted by molar-refractivity contribution is 7.99. The second-order valence-electron chi connectivity index (χ2n) is 6.89. The van der Waals surface area contributed by atoms with Gasteiger partial charge in [0, 0.05) is 21.8 Å². The van der Waals surface area contributed by atoms with E-state index >= 15 is 0 Å². The van der Waals surface area contributed by atoms with Gasteiger partial charge in [-0.2, -0.15) is 14.6 Å². The van der Waals surface area contributed by atoms with Crippen molar-refractivity contribution in [2.75, 3.05) is 4.72 Å². The fraction of sp³-hybridized carbons (Fsp3) is 0.190. The Balaban J connectivity index is 1.59. The Labute approximate surface area is 183 Å². The third kappa shape index (κ3) is 4.54. The molecule has 0 saturated carbocycles. The number of aryl methyl sites for hydroxylation is 1. The molecule has 4 aromatic rings. The van der Waals surface area contributed by atoms with Crippen molar-refractivity contribution in [2.24, 2.45) is 0 Å². The number of fused-ring (bicyclic) bond motifs is 1. The maximum absolute atomic E-state index is 13.1. The molecule has 0 bridgehead atoms. The molecule has 0 radical (unpaired) electrons. The van der Waals surface area contributed by atoms with Crippen LogP contribution in [0, 0.1) is 12.7 Å². The molecule has 0 saturated heterocycles. The van der Waals surface area contributed by atoms with Gasteiger partial charge in [-0.1, -0.05) is 25.1 Å². The highest BCUT2D eigenvalue weighted by Gasteiger charge is 2.17. The molecular formula is C21H20FN5O2S2. The summed E-state index contributed by atoms with van der Waals surface area (Å²) in [6, 6.07) is 11.7. The van der Waals surface area contributed by atoms with Crippen LogP contribution < -0.4 is 4.72 Å². The van der Waals surface area contributed by atoms with Gasteiger partial charge in [-0.3, -0.25) is 4.72 Å². The van der Waals surface area contributed by atoms with Crippen LogP contribution in [0.4, 0.5) is 10.1 Å². The lowest BCUT2D eigenvalue weighted by molar-refractivity contribution is 0.599. The van der Waals surface area contributed by atoms with E-state index in [4.69, 9.17) is 0 Å². The van der Waals surface area contributed by atoms with Crippen LogP contribution in [0.25, 0.3) is 5.78 Å². The lowest BCUT2D eigenvalue weighted by Gasteiger charge is -2.13. The van der Waals surface area contributed by atoms with Crippen LogP contribution in [0.2, 0.25) is 0 Å². The molecule has 0 aliphatic carbocycles. The summed E-state index contributed by atoms with van der Waals surface area (Å²) in [4.78, 5) is 9.64. The van der Waals surface area contributed by atoms with Crippen LogP contribution in [-0.4, -0.2) is 28.0 Å². The monoisotopic (exact) mass is 457 g/mol. The van der Waals surface area contributed by atoms with Crippen LogP contribution >= 0.6 is 11.8 Å². The Morgan fingerprint density at radius 1 is 1.10 bits per heavy atom. The Morgan fingerprint density at radius 2 is 1.81 bits per heavy atom. The molecule has 0 amide bonds. The van der Waals surface area contributed by atoms with Gasteiger partial charge in [-0.15, -0.1) is 0 Å². The summed E-state index contributed by atoms with van der Waals surface area (Å²) < 4.78 is 42.3. The van der Waals surface area contributed by atoms with Gasteiger partial charge < -0.3 is 0 Å². The van der Waals surface area contributed by atoms with E-state index in [0.717, 1.165) is 46.2 Å². The number of sulfonamides is 1. The van der Waals surface area contributed by atoms with E-state index in [2.05, 4.69) is 26.7 Å². The highest BCUT2D eigenvalue weighted by atomic mass is 32.2. The molecule has 0 aliphatic heterocycles. The van der Waals surface area contributed by atoms with E-state index in [0.29, 0.717) is 11.5 Å². The molecule has 31 heavy (non-hydrogen) atoms. The summed E-state index contributed by atoms with van der Waals surface area (Å²) in [7, 11) is -3.80. The molecule has 2 aromatic carbocycles. The number of benzene rings is 2. The van der Waals surface area contributed by atoms with Crippen molar-refractivity contribution in [3.63, 3.8) is 0 Å². The maximum Gasteiger partial charge on any atom is 0.261 e. The number of anilines is 1. The first kappa shape index (κ1) is 21.3. The van der Waals surface area contributed by atoms with Gasteiger partial charge >= 0.3 is 0 Å². The minimum atomic E-state index is -3.80. The number of halogens is 1. The van der Waals surface area contributed by atoms with Gasteiger partial charge in [0.15, 0.2) is 0 Å². The Bertz CT molecular complexity index is 1320. The van der Waals surface area contributed by atoms with Crippen LogP contribution in [0.1, 0.15) is 24.6 Å². The molecule has 1 N–H and O–H groups in total. The van der Waals surface area contributed by atoms with Gasteiger partial charge in [0.25, 0.3) is 15.8 Å². The number of hydrogen-bond donors (Lipinski definition) is 1. The fourth-order valence-corrected chi connectivity index (χ4v) is 5.27. The minimum Gasteiger partial charge on any atom is -0.280 e. The Kier molecular flexibility index (Phi) is 5.92. The molecule has 160 valence electrons. The summed E-state index contributed by atoms with van der Waals surface area (Å²) in [5.74, 6) is 0.0548. The SMILES string of the molecule is CCCc1c(C)nc2ncnn2c1Sc1ccc(NS(=O)(=O)c2ccc(F)cc2)cc1. The zero-order valence-electron chi connectivity index (χ0n) is 16.9. The maximum atomic E-state index is 13.1. The van der Waals surface area contributed by atoms with Crippen LogP contribution in [0.15, 0.2) is 69.7 Å². The van der Waals surface area contributed by atoms with Gasteiger partial charge in [-0.05, 0) is 61.9 Å². The highest BCUT2D eigenvalue weighted by Crippen LogP contribution is 2.33. The largest absolute Gasteiger partial charge is 0.280 e. The molecule has 0 spiro atoms. The van der Waals surface area contributed by atoms with Crippen molar-refractivity contribution in [3.8, 4) is 0 Å². The van der Waals surface area contributed by atoms with E-state index in [-0.39, 0.29) is 4.90 Å². The summed E-state index contributed by atoms with van der Waals surface area (Å²) in [5, 5.41) is 5.25. The normalized spacial score (nSPS) is 11.7. The van der Waals surface area contributed by atoms with Gasteiger partial charge in [-0.25, -0.2) is 17.8 Å². The van der Waals surface area contributed by atoms with E-state index in [1.54, 1.807) is 16.6 Å². The molecule has 0 unspecified atom stereocenters. The first-order chi connectivity index (χ1) is 14.9. The Morgan fingerprint density at radius 3 is 2.48 bits per heavy atom. The summed E-state index contributed by atoms with van der Waals surface area (Å²) in [5.41, 5.74) is 2.46. The third-order valence-electron chi connectivity index (χ3n) is 4.63. The second-order valence-corrected chi connectivity index (χ2v) is 9.63. The first-order valence-corrected chi connectivity index (χ1v) is 11.9. The minimum absolute atomic E-state index is 0.00241. The average Bonchev–Trinajstić information content (AvgIpc) is 3.20. The molecule has 2 heterocycles. The van der Waals surface area contributed by atoms with E-state index in [1.165, 1.54) is 30.2 Å². The summed E-state index contributed by atoms with van der Waals surface area (Å²) in [6.07, 6.45) is 3.32. The molecular weight excluding hydrogens is 437 g/mol. The zero-order chi connectivity index (χ0) is 22.0. The van der Waals surface area contributed by atoms with Crippen molar-refractivity contribution >= 4 is 33.3 Å². The molecule has 4 rings (SSSR count). The van der Waals surface area contributed by atoms with Crippen molar-refractivity contribution in [1.29, 1.82) is 0 Å². The van der Waals surface area contributed by atoms with Crippen LogP contribution in [-0.2, 0) is 16.4 Å². The molecule has 0 atom stereocenters. The number of nitrogens with zero attached hydrogens (tertiary/aromatic N) is 4. The number of nitrogens with one attached hydrogen (secondary N) is 1. The Hall–Kier alpha value is -2.98. The topological polar surface area (TPSA) is 89.2 Å². The molecule has 2 aromatic heterocycles. The van der Waals surface area contributed by atoms with E-state index in [9.17, 15) is 12.8 Å². The average molecular weight is 458 g/mol. The van der Waals surface area contributed by atoms with Crippen LogP contribution in [0.5, 0.6) is 0 Å². The van der Waals surface area contributed by atoms with E-state index < -0.39 is 15.8 Å². The van der Waals surface area contributed by atoms with Crippen molar-refractivity contribution < 1.29 is 12.8 Å². The summed E-state index contributed by atoms with van der Waals surface area (Å²) >= 11 is 1.53. The smallest absolute Gasteiger partial charge is 0.261 e. The second kappa shape index (κ2) is 8.64. The van der Waals surface area contributed by atoms with Crippen molar-refractivity contribution in [1.82, 2.24) is 19.6 Å². The fourth-order valence-electron chi connectivity index (χ4n) is 3.13. The number of hydrogen-bond acceptors (Lipinski definition) is 6. The van der Waals surface area contributed by atoms with Crippen molar-refractivity contribution in [2.45, 2.75) is 41.5 Å². The molecule has 10 heteroatoms. The summed E-state index contributed by atoms with van der Waals surface area (Å²) in [6.45, 7) is 4.08. The molecule has 7 nitrogen and oxygen atoms in total. The third-order valence-corrected chi connectivity index (χ3v) is 7.15. The quantitative estimate of drug-likeness (QED) is 0.412. The predicted molar refractivity (Wildman–Crippen MR) is 117 cm³/mol. The van der Waals surface area contributed by atoms with E-state index in [1.807, 2.05) is 19.1 Å². The first-order valence-electron chi connectivity index (χ1n) is 9.63. The lowest BCUT2D eigenvalue weighted by atomic mass is 10.1. The molecule has 0 fully saturated rings. The number of rotatable bonds is 7. The zero-order valence-corrected chi connectivity index (χ0v) is 18.5. The standard InChI is InChI=1S/C21H20FN5O2S2/c1-3-4-19-14(2)25-21-23-13-24-27(21)20(19)30-17-9-7-16(8-10-17)26-31(28,29)18-11-5-15(22)6-12-18/h5-13,26H,3-4H2,1-2H3. The number of aromatic nitrogens is 4.